The second-order valence-corrected chi connectivity index (χ2v) is 8.91. The number of nitrogens with zero attached hydrogens (tertiary/aromatic N) is 2. The Bertz CT molecular complexity index is 1260. The van der Waals surface area contributed by atoms with Crippen LogP contribution in [0.15, 0.2) is 77.7 Å². The summed E-state index contributed by atoms with van der Waals surface area (Å²) in [7, 11) is -3.70. The van der Waals surface area contributed by atoms with E-state index in [1.807, 2.05) is 60.0 Å². The highest BCUT2D eigenvalue weighted by Gasteiger charge is 2.18. The van der Waals surface area contributed by atoms with Gasteiger partial charge in [0.2, 0.25) is 10.0 Å². The maximum Gasteiger partial charge on any atom is 0.242 e. The van der Waals surface area contributed by atoms with Crippen molar-refractivity contribution in [2.24, 2.45) is 0 Å². The first-order chi connectivity index (χ1) is 14.0. The molecule has 0 saturated carbocycles. The Morgan fingerprint density at radius 3 is 2.41 bits per heavy atom. The molecule has 0 radical (unpaired) electrons. The summed E-state index contributed by atoms with van der Waals surface area (Å²) >= 11 is 6.05. The Morgan fingerprint density at radius 1 is 0.966 bits per heavy atom. The molecule has 4 aromatic rings. The molecule has 29 heavy (non-hydrogen) atoms. The van der Waals surface area contributed by atoms with Crippen molar-refractivity contribution < 1.29 is 8.42 Å². The van der Waals surface area contributed by atoms with Gasteiger partial charge in [-0.2, -0.15) is 0 Å². The van der Waals surface area contributed by atoms with Gasteiger partial charge in [-0.15, -0.1) is 0 Å². The van der Waals surface area contributed by atoms with Crippen molar-refractivity contribution in [3.8, 4) is 11.4 Å². The highest BCUT2D eigenvalue weighted by atomic mass is 35.5. The molecule has 0 unspecified atom stereocenters. The first-order valence-electron chi connectivity index (χ1n) is 9.22. The van der Waals surface area contributed by atoms with E-state index in [9.17, 15) is 8.42 Å². The van der Waals surface area contributed by atoms with Gasteiger partial charge in [-0.25, -0.2) is 18.1 Å². The van der Waals surface area contributed by atoms with Gasteiger partial charge in [-0.3, -0.25) is 0 Å². The van der Waals surface area contributed by atoms with Gasteiger partial charge in [0.15, 0.2) is 0 Å². The molecule has 3 aromatic carbocycles. The van der Waals surface area contributed by atoms with E-state index in [-0.39, 0.29) is 16.5 Å². The lowest BCUT2D eigenvalue weighted by Gasteiger charge is -2.12. The summed E-state index contributed by atoms with van der Waals surface area (Å²) in [6, 6.07) is 22.4. The lowest BCUT2D eigenvalue weighted by molar-refractivity contribution is 0.575. The SMILES string of the molecule is Cc1ccc(-c2nc3ccccc3n2CCNS(=O)(=O)c2ccccc2Cl)cc1. The molecule has 0 atom stereocenters. The van der Waals surface area contributed by atoms with Crippen molar-refractivity contribution in [1.29, 1.82) is 0 Å². The standard InChI is InChI=1S/C22H20ClN3O2S/c1-16-10-12-17(13-11-16)22-25-19-7-3-4-8-20(19)26(22)15-14-24-29(27,28)21-9-5-2-6-18(21)23/h2-13,24H,14-15H2,1H3. The molecule has 1 N–H and O–H groups in total. The van der Waals surface area contributed by atoms with Crippen molar-refractivity contribution in [2.45, 2.75) is 18.4 Å². The zero-order valence-corrected chi connectivity index (χ0v) is 17.4. The van der Waals surface area contributed by atoms with E-state index in [0.717, 1.165) is 22.4 Å². The molecule has 1 heterocycles. The van der Waals surface area contributed by atoms with Crippen LogP contribution in [0.5, 0.6) is 0 Å². The lowest BCUT2D eigenvalue weighted by Crippen LogP contribution is -2.27. The average molecular weight is 426 g/mol. The lowest BCUT2D eigenvalue weighted by atomic mass is 10.1. The molecule has 0 aliphatic heterocycles. The maximum absolute atomic E-state index is 12.6. The van der Waals surface area contributed by atoms with Crippen LogP contribution < -0.4 is 4.72 Å². The molecule has 0 aliphatic rings. The Morgan fingerprint density at radius 2 is 1.66 bits per heavy atom. The number of halogens is 1. The summed E-state index contributed by atoms with van der Waals surface area (Å²) in [6.07, 6.45) is 0. The summed E-state index contributed by atoms with van der Waals surface area (Å²) in [4.78, 5) is 4.84. The van der Waals surface area contributed by atoms with E-state index < -0.39 is 10.0 Å². The number of fused-ring (bicyclic) bond motifs is 1. The summed E-state index contributed by atoms with van der Waals surface area (Å²) in [5.41, 5.74) is 3.99. The molecule has 0 fully saturated rings. The van der Waals surface area contributed by atoms with Crippen LogP contribution in [0.3, 0.4) is 0 Å². The van der Waals surface area contributed by atoms with Crippen molar-refractivity contribution in [3.63, 3.8) is 0 Å². The fourth-order valence-corrected chi connectivity index (χ4v) is 4.80. The normalized spacial score (nSPS) is 11.8. The van der Waals surface area contributed by atoms with Crippen molar-refractivity contribution >= 4 is 32.7 Å². The van der Waals surface area contributed by atoms with Crippen molar-refractivity contribution in [3.05, 3.63) is 83.4 Å². The van der Waals surface area contributed by atoms with E-state index in [4.69, 9.17) is 16.6 Å². The molecule has 1 aromatic heterocycles. The average Bonchev–Trinajstić information content (AvgIpc) is 3.07. The smallest absolute Gasteiger partial charge is 0.242 e. The van der Waals surface area contributed by atoms with Crippen LogP contribution in [-0.4, -0.2) is 24.5 Å². The molecule has 0 saturated heterocycles. The first-order valence-corrected chi connectivity index (χ1v) is 11.1. The summed E-state index contributed by atoms with van der Waals surface area (Å²) < 4.78 is 29.9. The van der Waals surface area contributed by atoms with Crippen LogP contribution in [0.2, 0.25) is 5.02 Å². The molecule has 0 aliphatic carbocycles. The van der Waals surface area contributed by atoms with Gasteiger partial charge in [0, 0.05) is 18.7 Å². The van der Waals surface area contributed by atoms with Crippen LogP contribution in [-0.2, 0) is 16.6 Å². The number of hydrogen-bond acceptors (Lipinski definition) is 3. The quantitative estimate of drug-likeness (QED) is 0.489. The van der Waals surface area contributed by atoms with Crippen LogP contribution in [0.4, 0.5) is 0 Å². The molecular weight excluding hydrogens is 406 g/mol. The summed E-state index contributed by atoms with van der Waals surface area (Å²) in [5.74, 6) is 0.808. The topological polar surface area (TPSA) is 64.0 Å². The fraction of sp³-hybridized carbons (Fsp3) is 0.136. The zero-order valence-electron chi connectivity index (χ0n) is 15.8. The van der Waals surface area contributed by atoms with E-state index in [0.29, 0.717) is 6.54 Å². The molecule has 0 bridgehead atoms. The van der Waals surface area contributed by atoms with Crippen LogP contribution in [0, 0.1) is 6.92 Å². The Labute approximate surface area is 175 Å². The van der Waals surface area contributed by atoms with Gasteiger partial charge in [0.1, 0.15) is 10.7 Å². The maximum atomic E-state index is 12.6. The largest absolute Gasteiger partial charge is 0.323 e. The zero-order chi connectivity index (χ0) is 20.4. The Hall–Kier alpha value is -2.67. The van der Waals surface area contributed by atoms with Gasteiger partial charge in [0.05, 0.1) is 16.1 Å². The minimum Gasteiger partial charge on any atom is -0.323 e. The van der Waals surface area contributed by atoms with Gasteiger partial charge in [-0.05, 0) is 31.2 Å². The predicted octanol–water partition coefficient (Wildman–Crippen LogP) is 4.64. The second kappa shape index (κ2) is 7.99. The number of aryl methyl sites for hydroxylation is 1. The highest BCUT2D eigenvalue weighted by Crippen LogP contribution is 2.25. The molecule has 5 nitrogen and oxygen atoms in total. The molecule has 4 rings (SSSR count). The van der Waals surface area contributed by atoms with Gasteiger partial charge in [0.25, 0.3) is 0 Å². The van der Waals surface area contributed by atoms with Crippen LogP contribution in [0.1, 0.15) is 5.56 Å². The number of rotatable bonds is 6. The number of hydrogen-bond donors (Lipinski definition) is 1. The van der Waals surface area contributed by atoms with Crippen molar-refractivity contribution in [2.75, 3.05) is 6.54 Å². The molecule has 0 amide bonds. The monoisotopic (exact) mass is 425 g/mol. The van der Waals surface area contributed by atoms with E-state index in [1.54, 1.807) is 18.2 Å². The predicted molar refractivity (Wildman–Crippen MR) is 117 cm³/mol. The Kier molecular flexibility index (Phi) is 5.41. The minimum absolute atomic E-state index is 0.0795. The third-order valence-corrected chi connectivity index (χ3v) is 6.68. The highest BCUT2D eigenvalue weighted by molar-refractivity contribution is 7.89. The van der Waals surface area contributed by atoms with E-state index >= 15 is 0 Å². The number of nitrogens with one attached hydrogen (secondary N) is 1. The van der Waals surface area contributed by atoms with E-state index in [2.05, 4.69) is 4.72 Å². The van der Waals surface area contributed by atoms with Gasteiger partial charge >= 0.3 is 0 Å². The number of para-hydroxylation sites is 2. The first kappa shape index (κ1) is 19.6. The summed E-state index contributed by atoms with van der Waals surface area (Å²) in [6.45, 7) is 2.69. The minimum atomic E-state index is -3.70. The fourth-order valence-electron chi connectivity index (χ4n) is 3.26. The third kappa shape index (κ3) is 4.05. The number of aromatic nitrogens is 2. The van der Waals surface area contributed by atoms with E-state index in [1.165, 1.54) is 11.6 Å². The Balaban J connectivity index is 1.63. The molecule has 7 heteroatoms. The van der Waals surface area contributed by atoms with Gasteiger partial charge in [-0.1, -0.05) is 65.7 Å². The number of imidazole rings is 1. The van der Waals surface area contributed by atoms with Crippen molar-refractivity contribution in [1.82, 2.24) is 14.3 Å². The molecular formula is C22H20ClN3O2S. The second-order valence-electron chi connectivity index (χ2n) is 6.77. The van der Waals surface area contributed by atoms with Crippen LogP contribution in [0.25, 0.3) is 22.4 Å². The summed E-state index contributed by atoms with van der Waals surface area (Å²) in [5, 5.41) is 0.202. The number of sulfonamides is 1. The third-order valence-electron chi connectivity index (χ3n) is 4.72. The van der Waals surface area contributed by atoms with Crippen LogP contribution >= 0.6 is 11.6 Å². The molecule has 148 valence electrons. The molecule has 0 spiro atoms. The van der Waals surface area contributed by atoms with Gasteiger partial charge < -0.3 is 4.57 Å². The number of benzene rings is 3.